The van der Waals surface area contributed by atoms with Gasteiger partial charge in [-0.15, -0.1) is 0 Å². The number of aldehydes is 1. The summed E-state index contributed by atoms with van der Waals surface area (Å²) < 4.78 is 0.495. The number of fused-ring (bicyclic) bond motifs is 1. The van der Waals surface area contributed by atoms with E-state index >= 15 is 0 Å². The molecule has 0 saturated carbocycles. The summed E-state index contributed by atoms with van der Waals surface area (Å²) in [5, 5.41) is 34.1. The number of amides is 3. The van der Waals surface area contributed by atoms with Crippen LogP contribution in [0.1, 0.15) is 56.1 Å². The first-order valence-corrected chi connectivity index (χ1v) is 19.1. The summed E-state index contributed by atoms with van der Waals surface area (Å²) in [6.45, 7) is 3.60. The average molecular weight is 821 g/mol. The maximum atomic E-state index is 13.8. The second-order valence-electron chi connectivity index (χ2n) is 14.4. The van der Waals surface area contributed by atoms with Crippen LogP contribution in [0.15, 0.2) is 45.3 Å². The van der Waals surface area contributed by atoms with Crippen LogP contribution >= 0.6 is 31.9 Å². The first-order valence-electron chi connectivity index (χ1n) is 17.5. The van der Waals surface area contributed by atoms with Crippen molar-refractivity contribution < 1.29 is 39.0 Å². The molecule has 6 rings (SSSR count). The molecule has 2 aromatic carbocycles. The number of likely N-dealkylation sites (tertiary alicyclic amines) is 3. The molecule has 4 N–H and O–H groups in total. The van der Waals surface area contributed by atoms with Gasteiger partial charge in [0.25, 0.3) is 0 Å². The number of carbonyl (C=O) groups excluding carboxylic acids is 2. The van der Waals surface area contributed by atoms with Gasteiger partial charge in [-0.1, -0.05) is 18.2 Å². The fourth-order valence-corrected chi connectivity index (χ4v) is 10.6. The van der Waals surface area contributed by atoms with E-state index in [1.54, 1.807) is 12.1 Å². The highest BCUT2D eigenvalue weighted by molar-refractivity contribution is 9.11. The maximum absolute atomic E-state index is 13.8. The number of quaternary nitrogens is 1. The minimum Gasteiger partial charge on any atom is -0.506 e. The monoisotopic (exact) mass is 818 g/mol. The number of halogens is 2. The molecule has 3 atom stereocenters. The van der Waals surface area contributed by atoms with Gasteiger partial charge in [0, 0.05) is 49.8 Å². The van der Waals surface area contributed by atoms with Crippen LogP contribution in [-0.4, -0.2) is 116 Å². The van der Waals surface area contributed by atoms with Crippen LogP contribution < -0.4 is 5.32 Å². The highest BCUT2D eigenvalue weighted by atomic mass is 79.9. The molecule has 270 valence electrons. The second kappa shape index (κ2) is 15.3. The Hall–Kier alpha value is -3.04. The fraction of sp³-hybridized carbons (Fsp3) is 0.556. The highest BCUT2D eigenvalue weighted by Gasteiger charge is 2.64. The standard InChI is InChI=1S/C36H45Br2N5O7/c37-29-19-24(20-30(38)33(29)47)23-43(35(49)50)17-10-28(42-16-9-27-3-1-2-4-31(27)39-34(42)48)21-36(43,11-18-44)41-14-7-26(8-15-41)25-5-12-40(13-6-25)22-32(45)46/h1-4,18-20,25-26,28H,5-17,21-23H2,(H3-,39,45,46,47,48,49,50)/p+1/t28?,36?,43-/m0/s1. The molecule has 12 nitrogen and oxygen atoms in total. The number of nitrogens with zero attached hydrogens (tertiary/aromatic N) is 4. The number of piperidine rings is 3. The number of anilines is 1. The van der Waals surface area contributed by atoms with Crippen LogP contribution in [0, 0.1) is 11.8 Å². The molecular weight excluding hydrogens is 774 g/mol. The molecule has 0 spiro atoms. The molecule has 0 radical (unpaired) electrons. The lowest BCUT2D eigenvalue weighted by atomic mass is 9.76. The lowest BCUT2D eigenvalue weighted by Gasteiger charge is -2.59. The molecule has 2 aromatic rings. The zero-order valence-corrected chi connectivity index (χ0v) is 31.3. The zero-order valence-electron chi connectivity index (χ0n) is 28.1. The largest absolute Gasteiger partial charge is 0.515 e. The molecule has 3 fully saturated rings. The van der Waals surface area contributed by atoms with Gasteiger partial charge in [-0.25, -0.2) is 9.28 Å². The van der Waals surface area contributed by atoms with Gasteiger partial charge in [-0.05, 0) is 113 Å². The summed E-state index contributed by atoms with van der Waals surface area (Å²) >= 11 is 6.83. The smallest absolute Gasteiger partial charge is 0.506 e. The number of hydrogen-bond donors (Lipinski definition) is 4. The summed E-state index contributed by atoms with van der Waals surface area (Å²) in [5.41, 5.74) is 1.39. The number of urea groups is 1. The predicted octanol–water partition coefficient (Wildman–Crippen LogP) is 5.96. The van der Waals surface area contributed by atoms with Crippen molar-refractivity contribution in [3.8, 4) is 5.75 Å². The first kappa shape index (κ1) is 36.7. The van der Waals surface area contributed by atoms with Gasteiger partial charge in [0.2, 0.25) is 0 Å². The molecule has 2 unspecified atom stereocenters. The van der Waals surface area contributed by atoms with Crippen LogP contribution in [0.25, 0.3) is 0 Å². The molecule has 4 aliphatic heterocycles. The predicted molar refractivity (Wildman–Crippen MR) is 194 cm³/mol. The van der Waals surface area contributed by atoms with Crippen molar-refractivity contribution in [3.63, 3.8) is 0 Å². The van der Waals surface area contributed by atoms with Crippen molar-refractivity contribution >= 4 is 61.9 Å². The number of phenolic OH excluding ortho intramolecular Hbond substituents is 1. The molecule has 0 bridgehead atoms. The van der Waals surface area contributed by atoms with Gasteiger partial charge in [0.15, 0.2) is 5.66 Å². The molecule has 4 aliphatic rings. The van der Waals surface area contributed by atoms with Gasteiger partial charge in [0.05, 0.1) is 28.5 Å². The fourth-order valence-electron chi connectivity index (χ4n) is 9.31. The number of carbonyl (C=O) groups is 4. The normalized spacial score (nSPS) is 27.3. The van der Waals surface area contributed by atoms with Crippen LogP contribution in [0.3, 0.4) is 0 Å². The molecule has 0 aliphatic carbocycles. The van der Waals surface area contributed by atoms with Crippen LogP contribution in [0.5, 0.6) is 5.75 Å². The van der Waals surface area contributed by atoms with E-state index in [0.29, 0.717) is 65.2 Å². The Kier molecular flexibility index (Phi) is 11.2. The van der Waals surface area contributed by atoms with Crippen molar-refractivity contribution in [3.05, 3.63) is 56.5 Å². The molecule has 50 heavy (non-hydrogen) atoms. The van der Waals surface area contributed by atoms with E-state index in [1.807, 2.05) is 34.1 Å². The van der Waals surface area contributed by atoms with E-state index in [9.17, 15) is 34.5 Å². The number of nitrogens with one attached hydrogen (secondary N) is 1. The summed E-state index contributed by atoms with van der Waals surface area (Å²) in [7, 11) is 0. The van der Waals surface area contributed by atoms with Crippen LogP contribution in [0.4, 0.5) is 15.3 Å². The maximum Gasteiger partial charge on any atom is 0.515 e. The lowest BCUT2D eigenvalue weighted by Crippen LogP contribution is -2.78. The third-order valence-corrected chi connectivity index (χ3v) is 13.1. The minimum atomic E-state index is -1.14. The quantitative estimate of drug-likeness (QED) is 0.178. The highest BCUT2D eigenvalue weighted by Crippen LogP contribution is 2.47. The first-order chi connectivity index (χ1) is 24.0. The van der Waals surface area contributed by atoms with Gasteiger partial charge in [-0.3, -0.25) is 14.6 Å². The minimum absolute atomic E-state index is 0.00977. The van der Waals surface area contributed by atoms with Crippen LogP contribution in [0.2, 0.25) is 0 Å². The number of hydrogen-bond acceptors (Lipinski definition) is 7. The van der Waals surface area contributed by atoms with Crippen molar-refractivity contribution in [1.29, 1.82) is 0 Å². The third-order valence-electron chi connectivity index (χ3n) is 11.9. The molecular formula is C36H46Br2N5O7+. The average Bonchev–Trinajstić information content (AvgIpc) is 3.26. The Bertz CT molecular complexity index is 1590. The Morgan fingerprint density at radius 2 is 1.60 bits per heavy atom. The van der Waals surface area contributed by atoms with Gasteiger partial charge in [-0.2, -0.15) is 4.79 Å². The topological polar surface area (TPSA) is 151 Å². The van der Waals surface area contributed by atoms with Crippen molar-refractivity contribution in [2.45, 2.75) is 69.6 Å². The van der Waals surface area contributed by atoms with E-state index in [1.165, 1.54) is 0 Å². The summed E-state index contributed by atoms with van der Waals surface area (Å²) in [5.74, 6) is 0.113. The Morgan fingerprint density at radius 3 is 2.22 bits per heavy atom. The number of benzene rings is 2. The molecule has 3 amide bonds. The number of carboxylic acids is 1. The van der Waals surface area contributed by atoms with Gasteiger partial charge >= 0.3 is 18.1 Å². The van der Waals surface area contributed by atoms with E-state index in [4.69, 9.17) is 0 Å². The van der Waals surface area contributed by atoms with E-state index in [-0.39, 0.29) is 48.4 Å². The van der Waals surface area contributed by atoms with Gasteiger partial charge < -0.3 is 30.3 Å². The summed E-state index contributed by atoms with van der Waals surface area (Å²) in [6.07, 6.45) is 4.83. The van der Waals surface area contributed by atoms with E-state index < -0.39 is 17.7 Å². The van der Waals surface area contributed by atoms with Crippen molar-refractivity contribution in [1.82, 2.24) is 14.7 Å². The lowest BCUT2D eigenvalue weighted by molar-refractivity contribution is -0.942. The Balaban J connectivity index is 1.32. The molecule has 14 heteroatoms. The number of phenols is 1. The molecule has 4 heterocycles. The Morgan fingerprint density at radius 1 is 0.960 bits per heavy atom. The second-order valence-corrected chi connectivity index (χ2v) is 16.1. The number of aliphatic carboxylic acids is 1. The van der Waals surface area contributed by atoms with E-state index in [0.717, 1.165) is 56.3 Å². The van der Waals surface area contributed by atoms with Gasteiger partial charge in [0.1, 0.15) is 18.6 Å². The summed E-state index contributed by atoms with van der Waals surface area (Å²) in [6, 6.07) is 10.7. The number of rotatable bonds is 9. The Labute approximate surface area is 309 Å². The molecule has 0 aromatic heterocycles. The van der Waals surface area contributed by atoms with Crippen LogP contribution in [-0.2, 0) is 22.6 Å². The zero-order chi connectivity index (χ0) is 35.6. The number of para-hydroxylation sites is 1. The van der Waals surface area contributed by atoms with Crippen molar-refractivity contribution in [2.75, 3.05) is 51.1 Å². The third kappa shape index (κ3) is 7.19. The van der Waals surface area contributed by atoms with Crippen molar-refractivity contribution in [2.24, 2.45) is 11.8 Å². The summed E-state index contributed by atoms with van der Waals surface area (Å²) in [4.78, 5) is 57.7. The van der Waals surface area contributed by atoms with E-state index in [2.05, 4.69) is 42.1 Å². The number of carboxylic acid groups (broad SMARTS) is 2. The SMILES string of the molecule is O=CCC1(N2CCC(C3CCN(CC(=O)O)CC3)CC2)CC(N2CCc3ccccc3NC2=O)CC[N@+]1(Cc1cc(Br)c(O)c(Br)c1)C(=O)O. The number of aromatic hydroxyl groups is 1. The molecule has 3 saturated heterocycles.